The van der Waals surface area contributed by atoms with Gasteiger partial charge in [-0.25, -0.2) is 19.9 Å². The lowest BCUT2D eigenvalue weighted by atomic mass is 9.67. The van der Waals surface area contributed by atoms with Crippen molar-refractivity contribution in [1.82, 2.24) is 19.9 Å². The molecule has 4 nitrogen and oxygen atoms in total. The zero-order chi connectivity index (χ0) is 73.9. The number of fused-ring (bicyclic) bond motifs is 18. The van der Waals surface area contributed by atoms with Gasteiger partial charge in [0, 0.05) is 53.0 Å². The highest BCUT2D eigenvalue weighted by Crippen LogP contribution is 2.65. The summed E-state index contributed by atoms with van der Waals surface area (Å²) in [5.74, 6) is 1.35. The monoisotopic (exact) mass is 1460 g/mol. The van der Waals surface area contributed by atoms with Crippen molar-refractivity contribution in [1.29, 1.82) is 0 Å². The number of benzene rings is 16. The van der Waals surface area contributed by atoms with E-state index < -0.39 is 10.8 Å². The highest BCUT2D eigenvalue weighted by atomic mass is 32.2. The molecule has 2 spiro atoms. The Hall–Kier alpha value is -13.6. The molecule has 4 aliphatic rings. The van der Waals surface area contributed by atoms with E-state index in [1.807, 2.05) is 29.6 Å². The highest BCUT2D eigenvalue weighted by Gasteiger charge is 2.52. The smallest absolute Gasteiger partial charge is 0.160 e. The number of nitrogens with zero attached hydrogens (tertiary/aromatic N) is 4. The van der Waals surface area contributed by atoms with Crippen LogP contribution in [0.2, 0.25) is 0 Å². The molecule has 0 N–H and O–H groups in total. The van der Waals surface area contributed by atoms with E-state index in [9.17, 15) is 0 Å². The molecule has 22 rings (SSSR count). The summed E-state index contributed by atoms with van der Waals surface area (Å²) < 4.78 is 0. The van der Waals surface area contributed by atoms with E-state index in [4.69, 9.17) is 19.9 Å². The van der Waals surface area contributed by atoms with Gasteiger partial charge in [0.2, 0.25) is 0 Å². The van der Waals surface area contributed by atoms with Crippen molar-refractivity contribution in [2.75, 3.05) is 0 Å². The number of hydrogen-bond donors (Lipinski definition) is 0. The van der Waals surface area contributed by atoms with Crippen LogP contribution in [0.1, 0.15) is 44.5 Å². The average Bonchev–Trinajstić information content (AvgIpc) is 1.49. The summed E-state index contributed by atoms with van der Waals surface area (Å²) >= 11 is 3.75. The molecule has 16 aromatic carbocycles. The van der Waals surface area contributed by atoms with E-state index in [1.165, 1.54) is 91.9 Å². The molecule has 522 valence electrons. The van der Waals surface area contributed by atoms with Gasteiger partial charge in [0.05, 0.1) is 33.6 Å². The molecule has 18 aromatic rings. The predicted octanol–water partition coefficient (Wildman–Crippen LogP) is 27.3. The predicted molar refractivity (Wildman–Crippen MR) is 460 cm³/mol. The quantitative estimate of drug-likeness (QED) is 0.129. The SMILES string of the molecule is c1ccc(-c2cc(-c3cccc(-c4ccccc4-c4ccc5c(c4)Sc4ccc(-c6ccc(-c7nc(-c8ccccc8)cc(-c8ccccc8-c8ccccc8)n7)cc6)cc4C54c5ccccc5-c5ccccc54)c3)nc(-c3ccc(-c4ccc5c(c4)C4(c6ccccc6S5)c5ccccc5-c5ccccc54)cc3)n2)cc1. The topological polar surface area (TPSA) is 51.6 Å². The maximum atomic E-state index is 5.47. The maximum absolute atomic E-state index is 5.47. The molecule has 2 aromatic heterocycles. The summed E-state index contributed by atoms with van der Waals surface area (Å²) in [6.45, 7) is 0. The molecule has 2 aliphatic heterocycles. The van der Waals surface area contributed by atoms with Crippen LogP contribution in [0.15, 0.2) is 420 Å². The summed E-state index contributed by atoms with van der Waals surface area (Å²) in [7, 11) is 0. The van der Waals surface area contributed by atoms with Crippen LogP contribution in [0.3, 0.4) is 0 Å². The molecule has 0 amide bonds. The zero-order valence-electron chi connectivity index (χ0n) is 60.7. The molecule has 0 bridgehead atoms. The Morgan fingerprint density at radius 2 is 0.464 bits per heavy atom. The summed E-state index contributed by atoms with van der Waals surface area (Å²) in [5.41, 5.74) is 35.4. The molecule has 2 aliphatic carbocycles. The second kappa shape index (κ2) is 26.6. The summed E-state index contributed by atoms with van der Waals surface area (Å²) in [5, 5.41) is 0. The average molecular weight is 1460 g/mol. The second-order valence-corrected chi connectivity index (χ2v) is 31.5. The van der Waals surface area contributed by atoms with E-state index in [-0.39, 0.29) is 0 Å². The Balaban J connectivity index is 0.603. The lowest BCUT2D eigenvalue weighted by Crippen LogP contribution is -2.32. The van der Waals surface area contributed by atoms with Crippen LogP contribution < -0.4 is 0 Å². The molecule has 0 saturated heterocycles. The van der Waals surface area contributed by atoms with Gasteiger partial charge in [-0.3, -0.25) is 0 Å². The molecule has 0 saturated carbocycles. The number of aromatic nitrogens is 4. The molecule has 6 heteroatoms. The van der Waals surface area contributed by atoms with Crippen molar-refractivity contribution < 1.29 is 0 Å². The Kier molecular flexibility index (Phi) is 15.6. The molecule has 0 radical (unpaired) electrons. The first-order valence-electron chi connectivity index (χ1n) is 38.2. The first-order valence-corrected chi connectivity index (χ1v) is 39.8. The van der Waals surface area contributed by atoms with Crippen LogP contribution in [0.5, 0.6) is 0 Å². The van der Waals surface area contributed by atoms with Gasteiger partial charge in [-0.1, -0.05) is 369 Å². The Labute approximate surface area is 659 Å². The van der Waals surface area contributed by atoms with Crippen molar-refractivity contribution in [3.63, 3.8) is 0 Å². The van der Waals surface area contributed by atoms with Crippen molar-refractivity contribution >= 4 is 23.5 Å². The zero-order valence-corrected chi connectivity index (χ0v) is 62.3. The van der Waals surface area contributed by atoms with E-state index in [1.54, 1.807) is 0 Å². The first kappa shape index (κ1) is 65.5. The third kappa shape index (κ3) is 10.5. The van der Waals surface area contributed by atoms with Crippen LogP contribution >= 0.6 is 23.5 Å². The largest absolute Gasteiger partial charge is 0.228 e. The fraction of sp³-hybridized carbons (Fsp3) is 0.0189. The van der Waals surface area contributed by atoms with E-state index >= 15 is 0 Å². The van der Waals surface area contributed by atoms with Crippen molar-refractivity contribution in [2.24, 2.45) is 0 Å². The molecule has 0 fully saturated rings. The van der Waals surface area contributed by atoms with Gasteiger partial charge in [-0.2, -0.15) is 0 Å². The van der Waals surface area contributed by atoms with E-state index in [2.05, 4.69) is 394 Å². The number of rotatable bonds is 11. The van der Waals surface area contributed by atoms with Gasteiger partial charge in [0.1, 0.15) is 0 Å². The summed E-state index contributed by atoms with van der Waals surface area (Å²) in [6.07, 6.45) is 0. The fourth-order valence-corrected chi connectivity index (χ4v) is 20.7. The van der Waals surface area contributed by atoms with Crippen LogP contribution in [-0.2, 0) is 10.8 Å². The maximum Gasteiger partial charge on any atom is 0.160 e. The van der Waals surface area contributed by atoms with Gasteiger partial charge >= 0.3 is 0 Å². The number of hydrogen-bond acceptors (Lipinski definition) is 6. The molecule has 112 heavy (non-hydrogen) atoms. The lowest BCUT2D eigenvalue weighted by molar-refractivity contribution is 0.723. The third-order valence-corrected chi connectivity index (χ3v) is 25.6. The van der Waals surface area contributed by atoms with Crippen LogP contribution in [0.25, 0.3) is 146 Å². The second-order valence-electron chi connectivity index (χ2n) is 29.4. The lowest BCUT2D eigenvalue weighted by Gasteiger charge is -2.40. The Bertz CT molecular complexity index is 6720. The standard InChI is InChI=1S/C106H66N4S2/c1-4-25-69(26-5-1)79-33-12-13-40-86(79)98-66-96(71-29-8-3-9-30-71)108-104(110-98)73-53-49-68(50-54-73)75-57-60-101-94(63-75)106(89-43-20-16-38-84(89)85-39-17-21-44-90(85)106)92-58-55-77(64-102(92)112-101)81-35-11-10-34-80(81)76-31-24-32-78(61-76)97-65-95(70-27-6-2-7-28-70)107-103(109-97)72-51-47-67(48-52-72)74-56-59-100-93(62-74)105(91-45-22-23-46-99(91)111-100)87-41-18-14-36-82(87)83-37-15-19-42-88(83)105/h1-66H. The van der Waals surface area contributed by atoms with E-state index in [0.717, 1.165) is 106 Å². The van der Waals surface area contributed by atoms with Crippen LogP contribution in [-0.4, -0.2) is 19.9 Å². The fourth-order valence-electron chi connectivity index (χ4n) is 18.3. The minimum absolute atomic E-state index is 0.456. The van der Waals surface area contributed by atoms with Crippen molar-refractivity contribution in [2.45, 2.75) is 30.4 Å². The first-order chi connectivity index (χ1) is 55.5. The minimum atomic E-state index is -0.601. The third-order valence-electron chi connectivity index (χ3n) is 23.3. The van der Waals surface area contributed by atoms with Gasteiger partial charge in [-0.15, -0.1) is 0 Å². The molecule has 0 unspecified atom stereocenters. The summed E-state index contributed by atoms with van der Waals surface area (Å²) in [6, 6.07) is 146. The van der Waals surface area contributed by atoms with Gasteiger partial charge in [-0.05, 0) is 177 Å². The normalized spacial score (nSPS) is 13.2. The van der Waals surface area contributed by atoms with Gasteiger partial charge in [0.25, 0.3) is 0 Å². The Morgan fingerprint density at radius 3 is 0.955 bits per heavy atom. The molecule has 0 atom stereocenters. The van der Waals surface area contributed by atoms with Crippen molar-refractivity contribution in [3.8, 4) is 146 Å². The van der Waals surface area contributed by atoms with Crippen LogP contribution in [0, 0.1) is 0 Å². The summed E-state index contributed by atoms with van der Waals surface area (Å²) in [4.78, 5) is 26.5. The van der Waals surface area contributed by atoms with Crippen molar-refractivity contribution in [3.05, 3.63) is 445 Å². The molecule has 4 heterocycles. The van der Waals surface area contributed by atoms with Gasteiger partial charge < -0.3 is 0 Å². The Morgan fingerprint density at radius 1 is 0.152 bits per heavy atom. The van der Waals surface area contributed by atoms with Crippen LogP contribution in [0.4, 0.5) is 0 Å². The van der Waals surface area contributed by atoms with E-state index in [0.29, 0.717) is 11.6 Å². The molecular formula is C106H66N4S2. The molecular weight excluding hydrogens is 1390 g/mol. The van der Waals surface area contributed by atoms with Gasteiger partial charge in [0.15, 0.2) is 11.6 Å². The highest BCUT2D eigenvalue weighted by molar-refractivity contribution is 7.99. The minimum Gasteiger partial charge on any atom is -0.228 e.